The summed E-state index contributed by atoms with van der Waals surface area (Å²) in [4.78, 5) is 2.95. The fourth-order valence-corrected chi connectivity index (χ4v) is 1.27. The van der Waals surface area contributed by atoms with Crippen molar-refractivity contribution in [1.29, 1.82) is 0 Å². The van der Waals surface area contributed by atoms with Crippen LogP contribution in [0.4, 0.5) is 13.2 Å². The molecule has 0 bridgehead atoms. The third-order valence-corrected chi connectivity index (χ3v) is 1.78. The molecule has 7 heteroatoms. The molecule has 0 aliphatic rings. The molecule has 0 aliphatic carbocycles. The van der Waals surface area contributed by atoms with E-state index >= 15 is 0 Å². The van der Waals surface area contributed by atoms with Crippen molar-refractivity contribution >= 4 is 24.2 Å². The van der Waals surface area contributed by atoms with Crippen LogP contribution in [0.5, 0.6) is 0 Å². The fourth-order valence-electron chi connectivity index (χ4n) is 0.677. The SMILES string of the molecule is FC(F)(F)c1c([S-])ccnc1Cl.[Na+]. The topological polar surface area (TPSA) is 12.9 Å². The predicted octanol–water partition coefficient (Wildman–Crippen LogP) is -0.336. The Kier molecular flexibility index (Phi) is 4.96. The zero-order valence-corrected chi connectivity index (χ0v) is 10.1. The molecule has 0 unspecified atom stereocenters. The van der Waals surface area contributed by atoms with Gasteiger partial charge in [0.1, 0.15) is 5.15 Å². The molecule has 0 aliphatic heterocycles. The van der Waals surface area contributed by atoms with Gasteiger partial charge >= 0.3 is 35.7 Å². The Hall–Kier alpha value is 0.450. The van der Waals surface area contributed by atoms with Crippen LogP contribution in [0.2, 0.25) is 5.15 Å². The van der Waals surface area contributed by atoms with Crippen LogP contribution < -0.4 is 29.6 Å². The van der Waals surface area contributed by atoms with Gasteiger partial charge in [0.2, 0.25) is 0 Å². The number of aromatic nitrogens is 1. The Morgan fingerprint density at radius 2 is 1.92 bits per heavy atom. The number of hydrogen-bond donors (Lipinski definition) is 0. The minimum absolute atomic E-state index is 0. The van der Waals surface area contributed by atoms with Gasteiger partial charge in [0.15, 0.2) is 0 Å². The van der Waals surface area contributed by atoms with Gasteiger partial charge in [0.05, 0.1) is 5.56 Å². The minimum Gasteiger partial charge on any atom is -0.779 e. The quantitative estimate of drug-likeness (QED) is 0.347. The van der Waals surface area contributed by atoms with E-state index in [0.717, 1.165) is 12.3 Å². The Morgan fingerprint density at radius 1 is 1.38 bits per heavy atom. The van der Waals surface area contributed by atoms with Crippen LogP contribution in [0.25, 0.3) is 0 Å². The van der Waals surface area contributed by atoms with Gasteiger partial charge in [-0.2, -0.15) is 18.1 Å². The van der Waals surface area contributed by atoms with E-state index < -0.39 is 16.9 Å². The van der Waals surface area contributed by atoms with E-state index in [1.165, 1.54) is 0 Å². The van der Waals surface area contributed by atoms with Crippen LogP contribution in [0.15, 0.2) is 17.2 Å². The summed E-state index contributed by atoms with van der Waals surface area (Å²) in [5, 5.41) is -0.602. The Labute approximate surface area is 105 Å². The molecule has 0 fully saturated rings. The average molecular weight is 236 g/mol. The summed E-state index contributed by atoms with van der Waals surface area (Å²) in [7, 11) is 0. The van der Waals surface area contributed by atoms with Crippen molar-refractivity contribution in [3.05, 3.63) is 23.0 Å². The molecule has 0 saturated carbocycles. The van der Waals surface area contributed by atoms with Gasteiger partial charge in [-0.05, 0) is 0 Å². The molecule has 1 nitrogen and oxygen atoms in total. The number of alkyl halides is 3. The first kappa shape index (κ1) is 13.4. The standard InChI is InChI=1S/C6H3ClF3NS.Na/c7-5-4(6(8,9)10)3(12)1-2-11-5;/h1-2H,(H,11,12);/q;+1/p-1. The Balaban J connectivity index is 0.00000144. The van der Waals surface area contributed by atoms with E-state index in [-0.39, 0.29) is 34.5 Å². The normalized spacial score (nSPS) is 10.8. The summed E-state index contributed by atoms with van der Waals surface area (Å²) in [5.41, 5.74) is -1.04. The van der Waals surface area contributed by atoms with Gasteiger partial charge in [0, 0.05) is 6.20 Å². The van der Waals surface area contributed by atoms with Crippen molar-refractivity contribution in [2.45, 2.75) is 11.1 Å². The number of halogens is 4. The Bertz CT molecular complexity index is 284. The molecule has 13 heavy (non-hydrogen) atoms. The van der Waals surface area contributed by atoms with Crippen LogP contribution in [-0.4, -0.2) is 4.98 Å². The molecule has 1 aromatic rings. The van der Waals surface area contributed by atoms with Crippen LogP contribution in [0.3, 0.4) is 0 Å². The number of hydrogen-bond acceptors (Lipinski definition) is 2. The summed E-state index contributed by atoms with van der Waals surface area (Å²) in [6.45, 7) is 0. The second kappa shape index (κ2) is 4.79. The second-order valence-electron chi connectivity index (χ2n) is 1.97. The number of pyridine rings is 1. The van der Waals surface area contributed by atoms with Gasteiger partial charge < -0.3 is 12.6 Å². The van der Waals surface area contributed by atoms with Crippen LogP contribution in [-0.2, 0) is 18.8 Å². The molecule has 0 saturated heterocycles. The summed E-state index contributed by atoms with van der Waals surface area (Å²) in [6, 6.07) is 1.09. The van der Waals surface area contributed by atoms with Gasteiger partial charge in [-0.15, -0.1) is 0 Å². The van der Waals surface area contributed by atoms with E-state index in [1.807, 2.05) is 0 Å². The molecule has 66 valence electrons. The molecular formula is C6H2ClF3NNaS. The number of nitrogens with zero attached hydrogens (tertiary/aromatic N) is 1. The van der Waals surface area contributed by atoms with Gasteiger partial charge in [-0.1, -0.05) is 17.7 Å². The van der Waals surface area contributed by atoms with Crippen molar-refractivity contribution in [2.24, 2.45) is 0 Å². The summed E-state index contributed by atoms with van der Waals surface area (Å²) in [5.74, 6) is 0. The maximum atomic E-state index is 12.1. The first-order valence-electron chi connectivity index (χ1n) is 2.81. The third kappa shape index (κ3) is 3.25. The largest absolute Gasteiger partial charge is 1.00 e. The van der Waals surface area contributed by atoms with Gasteiger partial charge in [-0.3, -0.25) is 0 Å². The van der Waals surface area contributed by atoms with Crippen molar-refractivity contribution in [2.75, 3.05) is 0 Å². The maximum absolute atomic E-state index is 12.1. The molecule has 1 rings (SSSR count). The maximum Gasteiger partial charge on any atom is 1.00 e. The van der Waals surface area contributed by atoms with E-state index in [9.17, 15) is 13.2 Å². The van der Waals surface area contributed by atoms with Crippen LogP contribution in [0.1, 0.15) is 5.56 Å². The minimum atomic E-state index is -4.53. The summed E-state index contributed by atoms with van der Waals surface area (Å²) >= 11 is 9.66. The first-order valence-corrected chi connectivity index (χ1v) is 3.60. The zero-order chi connectivity index (χ0) is 9.35. The van der Waals surface area contributed by atoms with Gasteiger partial charge in [0.25, 0.3) is 0 Å². The molecule has 1 aromatic heterocycles. The molecule has 0 N–H and O–H groups in total. The van der Waals surface area contributed by atoms with Crippen LogP contribution >= 0.6 is 11.6 Å². The van der Waals surface area contributed by atoms with Crippen molar-refractivity contribution < 1.29 is 42.7 Å². The van der Waals surface area contributed by atoms with E-state index in [2.05, 4.69) is 17.6 Å². The molecule has 0 amide bonds. The molecule has 0 atom stereocenters. The first-order chi connectivity index (χ1) is 5.43. The summed E-state index contributed by atoms with van der Waals surface area (Å²) in [6.07, 6.45) is -3.39. The molecular weight excluding hydrogens is 234 g/mol. The predicted molar refractivity (Wildman–Crippen MR) is 39.9 cm³/mol. The fraction of sp³-hybridized carbons (Fsp3) is 0.167. The monoisotopic (exact) mass is 235 g/mol. The molecule has 0 radical (unpaired) electrons. The summed E-state index contributed by atoms with van der Waals surface area (Å²) < 4.78 is 36.4. The van der Waals surface area contributed by atoms with Gasteiger partial charge in [-0.25, -0.2) is 4.98 Å². The molecule has 0 aromatic carbocycles. The van der Waals surface area contributed by atoms with Crippen molar-refractivity contribution in [3.8, 4) is 0 Å². The second-order valence-corrected chi connectivity index (χ2v) is 2.77. The number of rotatable bonds is 0. The van der Waals surface area contributed by atoms with Crippen molar-refractivity contribution in [3.63, 3.8) is 0 Å². The molecule has 0 spiro atoms. The van der Waals surface area contributed by atoms with E-state index in [1.54, 1.807) is 0 Å². The van der Waals surface area contributed by atoms with E-state index in [0.29, 0.717) is 0 Å². The average Bonchev–Trinajstić information content (AvgIpc) is 1.82. The van der Waals surface area contributed by atoms with Crippen LogP contribution in [0, 0.1) is 0 Å². The van der Waals surface area contributed by atoms with E-state index in [4.69, 9.17) is 11.6 Å². The Morgan fingerprint density at radius 3 is 2.23 bits per heavy atom. The zero-order valence-electron chi connectivity index (χ0n) is 6.52. The van der Waals surface area contributed by atoms with Crippen molar-refractivity contribution in [1.82, 2.24) is 4.98 Å². The molecule has 1 heterocycles. The smallest absolute Gasteiger partial charge is 0.779 e. The third-order valence-electron chi connectivity index (χ3n) is 1.15.